The van der Waals surface area contributed by atoms with Crippen molar-refractivity contribution >= 4 is 35.8 Å². The topological polar surface area (TPSA) is 112 Å². The highest BCUT2D eigenvalue weighted by molar-refractivity contribution is 6.30. The number of amides is 2. The van der Waals surface area contributed by atoms with Crippen LogP contribution in [0, 0.1) is 11.7 Å². The minimum absolute atomic E-state index is 0. The molecule has 0 radical (unpaired) electrons. The van der Waals surface area contributed by atoms with Crippen LogP contribution in [-0.2, 0) is 13.1 Å². The number of halogens is 3. The Kier molecular flexibility index (Phi) is 6.55. The Hall–Kier alpha value is -2.62. The number of nitrogens with zero attached hydrogens (tertiary/aromatic N) is 2. The van der Waals surface area contributed by atoms with Crippen molar-refractivity contribution in [1.29, 1.82) is 0 Å². The Bertz CT molecular complexity index is 1150. The van der Waals surface area contributed by atoms with Crippen LogP contribution in [0.4, 0.5) is 4.39 Å². The van der Waals surface area contributed by atoms with Gasteiger partial charge in [0.05, 0.1) is 10.6 Å². The number of benzene rings is 1. The first-order chi connectivity index (χ1) is 14.7. The molecule has 0 saturated heterocycles. The molecule has 2 heterocycles. The van der Waals surface area contributed by atoms with Crippen LogP contribution in [0.2, 0.25) is 5.02 Å². The fraction of sp³-hybridized carbons (Fsp3) is 0.381. The molecule has 1 saturated carbocycles. The van der Waals surface area contributed by atoms with E-state index in [2.05, 4.69) is 5.32 Å². The summed E-state index contributed by atoms with van der Waals surface area (Å²) >= 11 is 5.74. The van der Waals surface area contributed by atoms with E-state index in [-0.39, 0.29) is 59.9 Å². The van der Waals surface area contributed by atoms with Crippen LogP contribution in [0.25, 0.3) is 0 Å². The zero-order chi connectivity index (χ0) is 22.5. The Morgan fingerprint density at radius 2 is 2.09 bits per heavy atom. The number of fused-ring (bicyclic) bond motifs is 1. The molecule has 2 atom stereocenters. The number of pyridine rings is 1. The maximum Gasteiger partial charge on any atom is 0.275 e. The highest BCUT2D eigenvalue weighted by Crippen LogP contribution is 2.52. The predicted molar refractivity (Wildman–Crippen MR) is 117 cm³/mol. The zero-order valence-corrected chi connectivity index (χ0v) is 18.7. The summed E-state index contributed by atoms with van der Waals surface area (Å²) in [7, 11) is 0. The van der Waals surface area contributed by atoms with Crippen molar-refractivity contribution in [3.05, 3.63) is 62.3 Å². The van der Waals surface area contributed by atoms with Gasteiger partial charge >= 0.3 is 0 Å². The molecule has 1 aromatic heterocycles. The van der Waals surface area contributed by atoms with Gasteiger partial charge in [-0.1, -0.05) is 23.7 Å². The van der Waals surface area contributed by atoms with E-state index in [0.717, 1.165) is 0 Å². The summed E-state index contributed by atoms with van der Waals surface area (Å²) < 4.78 is 15.4. The molecule has 8 nitrogen and oxygen atoms in total. The average Bonchev–Trinajstić information content (AvgIpc) is 3.44. The standard InChI is InChI=1S/C21H21ClFN3O5.ClH/c1-2-26-20(31)16-18(29)17(28)13(8-25(16)10-21(26)6-12(21)9-27)19(30)24-7-11-4-3-5-14(22)15(11)23;/h3-5,8,12,27,29H,2,6-7,9-10H2,1H3,(H,24,30);1H/t12-,21-;/m0./s1. The van der Waals surface area contributed by atoms with Crippen LogP contribution < -0.4 is 10.7 Å². The van der Waals surface area contributed by atoms with Crippen molar-refractivity contribution in [2.24, 2.45) is 5.92 Å². The molecule has 0 unspecified atom stereocenters. The summed E-state index contributed by atoms with van der Waals surface area (Å²) in [4.78, 5) is 39.8. The molecule has 3 N–H and O–H groups in total. The fourth-order valence-corrected chi connectivity index (χ4v) is 4.61. The van der Waals surface area contributed by atoms with Crippen molar-refractivity contribution in [2.75, 3.05) is 13.2 Å². The van der Waals surface area contributed by atoms with Gasteiger partial charge in [0.25, 0.3) is 11.8 Å². The van der Waals surface area contributed by atoms with Gasteiger partial charge < -0.3 is 25.0 Å². The van der Waals surface area contributed by atoms with Gasteiger partial charge in [-0.2, -0.15) is 0 Å². The normalized spacial score (nSPS) is 21.2. The van der Waals surface area contributed by atoms with Gasteiger partial charge in [0, 0.05) is 43.9 Å². The third-order valence-corrected chi connectivity index (χ3v) is 6.43. The van der Waals surface area contributed by atoms with Crippen molar-refractivity contribution < 1.29 is 24.2 Å². The van der Waals surface area contributed by atoms with Gasteiger partial charge in [-0.15, -0.1) is 12.4 Å². The molecule has 2 aromatic rings. The van der Waals surface area contributed by atoms with Gasteiger partial charge in [0.15, 0.2) is 11.4 Å². The van der Waals surface area contributed by atoms with E-state index in [1.807, 2.05) is 0 Å². The summed E-state index contributed by atoms with van der Waals surface area (Å²) in [6.07, 6.45) is 1.82. The SMILES string of the molecule is CCN1C(=O)c2c(O)c(=O)c(C(=O)NCc3cccc(Cl)c3F)cn2C[C@]12C[C@H]2CO.Cl. The molecule has 4 rings (SSSR count). The van der Waals surface area contributed by atoms with E-state index < -0.39 is 34.3 Å². The number of aliphatic hydroxyl groups is 1. The molecule has 2 aliphatic rings. The summed E-state index contributed by atoms with van der Waals surface area (Å²) in [6.45, 7) is 2.07. The Morgan fingerprint density at radius 3 is 2.72 bits per heavy atom. The molecule has 1 aliphatic carbocycles. The number of rotatable bonds is 5. The lowest BCUT2D eigenvalue weighted by Gasteiger charge is -2.38. The second-order valence-electron chi connectivity index (χ2n) is 7.83. The molecular formula is C21H22Cl2FN3O5. The zero-order valence-electron chi connectivity index (χ0n) is 17.1. The molecule has 1 aliphatic heterocycles. The smallest absolute Gasteiger partial charge is 0.275 e. The molecular weight excluding hydrogens is 464 g/mol. The quantitative estimate of drug-likeness (QED) is 0.598. The number of carbonyl (C=O) groups excluding carboxylic acids is 2. The average molecular weight is 486 g/mol. The number of hydrogen-bond donors (Lipinski definition) is 3. The predicted octanol–water partition coefficient (Wildman–Crippen LogP) is 1.92. The fourth-order valence-electron chi connectivity index (χ4n) is 4.41. The number of nitrogens with one attached hydrogen (secondary N) is 1. The number of aliphatic hydroxyl groups excluding tert-OH is 1. The molecule has 1 spiro atoms. The highest BCUT2D eigenvalue weighted by atomic mass is 35.5. The molecule has 172 valence electrons. The summed E-state index contributed by atoms with van der Waals surface area (Å²) in [5, 5.41) is 22.4. The Labute approximate surface area is 194 Å². The molecule has 1 fully saturated rings. The molecule has 32 heavy (non-hydrogen) atoms. The van der Waals surface area contributed by atoms with Crippen LogP contribution in [0.1, 0.15) is 39.8 Å². The third-order valence-electron chi connectivity index (χ3n) is 6.14. The van der Waals surface area contributed by atoms with Gasteiger partial charge in [0.1, 0.15) is 11.4 Å². The second-order valence-corrected chi connectivity index (χ2v) is 8.24. The van der Waals surface area contributed by atoms with E-state index in [1.54, 1.807) is 11.8 Å². The van der Waals surface area contributed by atoms with E-state index in [4.69, 9.17) is 11.6 Å². The van der Waals surface area contributed by atoms with E-state index in [0.29, 0.717) is 13.0 Å². The maximum absolute atomic E-state index is 14.0. The first-order valence-electron chi connectivity index (χ1n) is 9.85. The minimum atomic E-state index is -0.981. The summed E-state index contributed by atoms with van der Waals surface area (Å²) in [5.74, 6) is -2.93. The van der Waals surface area contributed by atoms with Crippen molar-refractivity contribution in [2.45, 2.75) is 32.0 Å². The van der Waals surface area contributed by atoms with Crippen LogP contribution in [0.15, 0.2) is 29.2 Å². The molecule has 11 heteroatoms. The molecule has 1 aromatic carbocycles. The van der Waals surface area contributed by atoms with E-state index >= 15 is 0 Å². The summed E-state index contributed by atoms with van der Waals surface area (Å²) in [5.41, 5.74) is -1.99. The number of aromatic nitrogens is 1. The number of carbonyl (C=O) groups is 2. The van der Waals surface area contributed by atoms with Gasteiger partial charge in [-0.3, -0.25) is 14.4 Å². The van der Waals surface area contributed by atoms with E-state index in [1.165, 1.54) is 29.0 Å². The Balaban J connectivity index is 0.00000289. The van der Waals surface area contributed by atoms with Crippen molar-refractivity contribution in [1.82, 2.24) is 14.8 Å². The van der Waals surface area contributed by atoms with Crippen LogP contribution in [0.5, 0.6) is 5.75 Å². The van der Waals surface area contributed by atoms with Crippen molar-refractivity contribution in [3.63, 3.8) is 0 Å². The first-order valence-corrected chi connectivity index (χ1v) is 10.2. The van der Waals surface area contributed by atoms with Crippen molar-refractivity contribution in [3.8, 4) is 5.75 Å². The van der Waals surface area contributed by atoms with Crippen LogP contribution in [-0.4, -0.2) is 50.2 Å². The lowest BCUT2D eigenvalue weighted by molar-refractivity contribution is 0.0508. The van der Waals surface area contributed by atoms with Gasteiger partial charge in [-0.05, 0) is 19.4 Å². The summed E-state index contributed by atoms with van der Waals surface area (Å²) in [6, 6.07) is 4.35. The molecule has 2 amide bonds. The van der Waals surface area contributed by atoms with Gasteiger partial charge in [-0.25, -0.2) is 4.39 Å². The lowest BCUT2D eigenvalue weighted by Crippen LogP contribution is -2.52. The number of aromatic hydroxyl groups is 1. The lowest BCUT2D eigenvalue weighted by atomic mass is 10.0. The third kappa shape index (κ3) is 3.64. The monoisotopic (exact) mass is 485 g/mol. The minimum Gasteiger partial charge on any atom is -0.503 e. The second kappa shape index (κ2) is 8.73. The highest BCUT2D eigenvalue weighted by Gasteiger charge is 2.61. The van der Waals surface area contributed by atoms with Crippen LogP contribution in [0.3, 0.4) is 0 Å². The first kappa shape index (κ1) is 24.0. The Morgan fingerprint density at radius 1 is 1.38 bits per heavy atom. The maximum atomic E-state index is 14.0. The molecule has 0 bridgehead atoms. The van der Waals surface area contributed by atoms with E-state index in [9.17, 15) is 29.0 Å². The largest absolute Gasteiger partial charge is 0.503 e. The van der Waals surface area contributed by atoms with Crippen LogP contribution >= 0.6 is 24.0 Å². The number of likely N-dealkylation sites (N-methyl/N-ethyl adjacent to an activating group) is 1. The van der Waals surface area contributed by atoms with Gasteiger partial charge in [0.2, 0.25) is 5.43 Å². The number of hydrogen-bond acceptors (Lipinski definition) is 5.